The summed E-state index contributed by atoms with van der Waals surface area (Å²) in [5.41, 5.74) is 3.26. The molecule has 76 heavy (non-hydrogen) atoms. The average molecular weight is 1110 g/mol. The lowest BCUT2D eigenvalue weighted by atomic mass is 9.91. The van der Waals surface area contributed by atoms with E-state index in [-0.39, 0.29) is 0 Å². The molecule has 2 nitrogen and oxygen atoms in total. The zero-order valence-corrected chi connectivity index (χ0v) is 52.5. The van der Waals surface area contributed by atoms with E-state index < -0.39 is 0 Å². The summed E-state index contributed by atoms with van der Waals surface area (Å²) >= 11 is 7.32. The van der Waals surface area contributed by atoms with E-state index >= 15 is 0 Å². The van der Waals surface area contributed by atoms with E-state index in [9.17, 15) is 10.2 Å². The van der Waals surface area contributed by atoms with Crippen molar-refractivity contribution in [2.45, 2.75) is 310 Å². The molecule has 0 amide bonds. The average Bonchev–Trinajstić information content (AvgIpc) is 4.28. The Balaban J connectivity index is 1.40. The van der Waals surface area contributed by atoms with Crippen molar-refractivity contribution in [2.75, 3.05) is 0 Å². The summed E-state index contributed by atoms with van der Waals surface area (Å²) in [6.45, 7) is 9.20. The first-order valence-corrected chi connectivity index (χ1v) is 35.7. The Kier molecular flexibility index (Phi) is 34.5. The summed E-state index contributed by atoms with van der Waals surface area (Å²) in [7, 11) is 0. The number of hydrogen-bond acceptors (Lipinski definition) is 6. The highest BCUT2D eigenvalue weighted by molar-refractivity contribution is 7.17. The van der Waals surface area contributed by atoms with Crippen molar-refractivity contribution >= 4 is 45.3 Å². The number of thiophene rings is 4. The molecule has 0 aliphatic carbocycles. The molecule has 0 radical (unpaired) electrons. The van der Waals surface area contributed by atoms with E-state index in [1.54, 1.807) is 0 Å². The van der Waals surface area contributed by atoms with E-state index in [1.165, 1.54) is 276 Å². The van der Waals surface area contributed by atoms with Gasteiger partial charge in [-0.2, -0.15) is 0 Å². The molecule has 0 atom stereocenters. The molecule has 6 heteroatoms. The normalized spacial score (nSPS) is 11.7. The monoisotopic (exact) mass is 1110 g/mol. The van der Waals surface area contributed by atoms with Crippen LogP contribution >= 0.6 is 45.3 Å². The first-order chi connectivity index (χ1) is 37.5. The Morgan fingerprint density at radius 1 is 0.224 bits per heavy atom. The maximum absolute atomic E-state index is 13.2. The Bertz CT molecular complexity index is 1900. The number of rotatable bonds is 48. The van der Waals surface area contributed by atoms with Crippen LogP contribution in [0.3, 0.4) is 0 Å². The third-order valence-electron chi connectivity index (χ3n) is 16.2. The molecule has 0 spiro atoms. The largest absolute Gasteiger partial charge is 0.507 e. The van der Waals surface area contributed by atoms with Crippen LogP contribution < -0.4 is 0 Å². The van der Waals surface area contributed by atoms with Crippen molar-refractivity contribution in [3.8, 4) is 53.3 Å². The van der Waals surface area contributed by atoms with Crippen molar-refractivity contribution in [1.29, 1.82) is 0 Å². The first-order valence-electron chi connectivity index (χ1n) is 32.5. The van der Waals surface area contributed by atoms with Crippen molar-refractivity contribution in [3.63, 3.8) is 0 Å². The number of phenols is 2. The molecule has 4 aromatic heterocycles. The molecule has 0 saturated carbocycles. The highest BCUT2D eigenvalue weighted by Crippen LogP contribution is 2.59. The topological polar surface area (TPSA) is 40.5 Å². The zero-order valence-electron chi connectivity index (χ0n) is 49.3. The van der Waals surface area contributed by atoms with Gasteiger partial charge in [-0.05, 0) is 99.9 Å². The van der Waals surface area contributed by atoms with E-state index in [2.05, 4.69) is 76.2 Å². The molecule has 4 heterocycles. The molecule has 0 bridgehead atoms. The molecule has 0 aliphatic heterocycles. The summed E-state index contributed by atoms with van der Waals surface area (Å²) in [4.78, 5) is 9.78. The number of aryl methyl sites for hydroxylation is 4. The summed E-state index contributed by atoms with van der Waals surface area (Å²) in [6.07, 6.45) is 57.9. The molecule has 5 rings (SSSR count). The lowest BCUT2D eigenvalue weighted by molar-refractivity contribution is 0.467. The Hall–Kier alpha value is -2.38. The van der Waals surface area contributed by atoms with Gasteiger partial charge >= 0.3 is 0 Å². The Labute approximate surface area is 483 Å². The van der Waals surface area contributed by atoms with Gasteiger partial charge in [0, 0.05) is 61.3 Å². The molecular formula is C70H110O2S4. The van der Waals surface area contributed by atoms with Gasteiger partial charge in [-0.25, -0.2) is 0 Å². The van der Waals surface area contributed by atoms with Crippen LogP contribution in [0.2, 0.25) is 0 Å². The lowest BCUT2D eigenvalue weighted by Gasteiger charge is -2.20. The van der Waals surface area contributed by atoms with Crippen LogP contribution in [-0.4, -0.2) is 10.2 Å². The summed E-state index contributed by atoms with van der Waals surface area (Å²) in [5.74, 6) is 0.661. The maximum atomic E-state index is 13.2. The highest BCUT2D eigenvalue weighted by Gasteiger charge is 2.30. The van der Waals surface area contributed by atoms with Gasteiger partial charge in [-0.15, -0.1) is 45.3 Å². The smallest absolute Gasteiger partial charge is 0.134 e. The summed E-state index contributed by atoms with van der Waals surface area (Å²) in [5, 5.41) is 26.4. The molecule has 0 saturated heterocycles. The first kappa shape index (κ1) is 64.4. The Morgan fingerprint density at radius 2 is 0.382 bits per heavy atom. The second-order valence-corrected chi connectivity index (χ2v) is 27.7. The maximum Gasteiger partial charge on any atom is 0.134 e. The minimum atomic E-state index is 0.330. The fraction of sp³-hybridized carbons (Fsp3) is 0.686. The third-order valence-corrected chi connectivity index (χ3v) is 20.8. The van der Waals surface area contributed by atoms with Crippen LogP contribution in [0.1, 0.15) is 304 Å². The second kappa shape index (κ2) is 40.7. The van der Waals surface area contributed by atoms with Gasteiger partial charge in [0.25, 0.3) is 0 Å². The van der Waals surface area contributed by atoms with Gasteiger partial charge in [0.15, 0.2) is 0 Å². The van der Waals surface area contributed by atoms with Gasteiger partial charge < -0.3 is 10.2 Å². The third kappa shape index (κ3) is 24.1. The molecule has 0 aliphatic rings. The quantitative estimate of drug-likeness (QED) is 0.0301. The van der Waals surface area contributed by atoms with Crippen LogP contribution in [0.25, 0.3) is 41.8 Å². The number of phenolic OH excluding ortho intramolecular Hbond substituents is 2. The van der Waals surface area contributed by atoms with Gasteiger partial charge in [0.1, 0.15) is 11.5 Å². The second-order valence-electron chi connectivity index (χ2n) is 23.0. The van der Waals surface area contributed by atoms with Crippen molar-refractivity contribution < 1.29 is 10.2 Å². The van der Waals surface area contributed by atoms with Crippen LogP contribution in [0.15, 0.2) is 48.5 Å². The highest BCUT2D eigenvalue weighted by atomic mass is 32.1. The fourth-order valence-corrected chi connectivity index (χ4v) is 15.8. The standard InChI is InChI=1S/C70H110O2S4/c1-5-9-13-17-21-25-29-33-37-41-45-57-49-53-61(73-57)65-66(62-54-50-58(74-62)46-42-38-34-30-26-22-18-14-10-6-2)70(72)68(64-56-52-60(76-64)48-44-40-36-32-28-24-20-16-12-8-4)67(69(65)71)63-55-51-59(75-63)47-43-39-35-31-27-23-19-15-11-7-3/h49-56,71-72H,5-48H2,1-4H3. The van der Waals surface area contributed by atoms with Crippen LogP contribution in [0.5, 0.6) is 11.5 Å². The molecule has 0 unspecified atom stereocenters. The molecule has 426 valence electrons. The van der Waals surface area contributed by atoms with E-state index in [0.717, 1.165) is 67.4 Å². The van der Waals surface area contributed by atoms with Crippen LogP contribution in [0, 0.1) is 0 Å². The van der Waals surface area contributed by atoms with E-state index in [1.807, 2.05) is 45.3 Å². The SMILES string of the molecule is CCCCCCCCCCCCc1ccc(-c2c(O)c(-c3ccc(CCCCCCCCCCCC)s3)c(-c3ccc(CCCCCCCCCCCC)s3)c(O)c2-c2ccc(CCCCCCCCCCCC)s2)s1. The van der Waals surface area contributed by atoms with Crippen molar-refractivity contribution in [3.05, 3.63) is 68.0 Å². The van der Waals surface area contributed by atoms with Gasteiger partial charge in [0.2, 0.25) is 0 Å². The molecule has 1 aromatic carbocycles. The minimum absolute atomic E-state index is 0.330. The van der Waals surface area contributed by atoms with Crippen molar-refractivity contribution in [2.24, 2.45) is 0 Å². The van der Waals surface area contributed by atoms with Crippen LogP contribution in [-0.2, 0) is 25.7 Å². The zero-order chi connectivity index (χ0) is 53.7. The summed E-state index contributed by atoms with van der Waals surface area (Å²) in [6, 6.07) is 18.2. The van der Waals surface area contributed by atoms with Gasteiger partial charge in [0.05, 0.1) is 0 Å². The van der Waals surface area contributed by atoms with Gasteiger partial charge in [-0.3, -0.25) is 0 Å². The van der Waals surface area contributed by atoms with E-state index in [0.29, 0.717) is 11.5 Å². The molecule has 5 aromatic rings. The molecule has 2 N–H and O–H groups in total. The van der Waals surface area contributed by atoms with Crippen molar-refractivity contribution in [1.82, 2.24) is 0 Å². The predicted molar refractivity (Wildman–Crippen MR) is 345 cm³/mol. The van der Waals surface area contributed by atoms with Crippen LogP contribution in [0.4, 0.5) is 0 Å². The number of hydrogen-bond donors (Lipinski definition) is 2. The van der Waals surface area contributed by atoms with E-state index in [4.69, 9.17) is 0 Å². The minimum Gasteiger partial charge on any atom is -0.507 e. The number of aromatic hydroxyl groups is 2. The predicted octanol–water partition coefficient (Wildman–Crippen LogP) is 25.9. The molecular weight excluding hydrogens is 1000 g/mol. The fourth-order valence-electron chi connectivity index (χ4n) is 11.4. The Morgan fingerprint density at radius 3 is 0.553 bits per heavy atom. The molecule has 0 fully saturated rings. The summed E-state index contributed by atoms with van der Waals surface area (Å²) < 4.78 is 0. The number of unbranched alkanes of at least 4 members (excludes halogenated alkanes) is 36. The number of benzene rings is 1. The van der Waals surface area contributed by atoms with Gasteiger partial charge in [-0.1, -0.05) is 259 Å². The lowest BCUT2D eigenvalue weighted by Crippen LogP contribution is -1.92.